The molecule has 2 unspecified atom stereocenters. The van der Waals surface area contributed by atoms with Gasteiger partial charge >= 0.3 is 5.91 Å². The molecule has 2 atom stereocenters. The van der Waals surface area contributed by atoms with Gasteiger partial charge in [0.2, 0.25) is 0 Å². The molecule has 0 saturated heterocycles. The zero-order chi connectivity index (χ0) is 16.2. The minimum atomic E-state index is -1.03. The highest BCUT2D eigenvalue weighted by atomic mass is 16.3. The molecule has 0 aliphatic carbocycles. The number of carbonyl (C=O) groups is 1. The van der Waals surface area contributed by atoms with Crippen LogP contribution in [0, 0.1) is 5.92 Å². The lowest BCUT2D eigenvalue weighted by Gasteiger charge is -2.40. The monoisotopic (exact) mass is 310 g/mol. The van der Waals surface area contributed by atoms with Gasteiger partial charge in [-0.25, -0.2) is 4.79 Å². The summed E-state index contributed by atoms with van der Waals surface area (Å²) in [6.45, 7) is 2.60. The number of nitrogens with zero attached hydrogens (tertiary/aromatic N) is 2. The van der Waals surface area contributed by atoms with Crippen LogP contribution in [0.1, 0.15) is 36.5 Å². The molecule has 0 fully saturated rings. The van der Waals surface area contributed by atoms with E-state index >= 15 is 0 Å². The van der Waals surface area contributed by atoms with Gasteiger partial charge in [-0.15, -0.1) is 0 Å². The summed E-state index contributed by atoms with van der Waals surface area (Å²) in [5, 5.41) is 13.0. The maximum atomic E-state index is 13.0. The summed E-state index contributed by atoms with van der Waals surface area (Å²) >= 11 is 0. The lowest BCUT2D eigenvalue weighted by Crippen LogP contribution is -2.66. The summed E-state index contributed by atoms with van der Waals surface area (Å²) in [5.74, 6) is 0.131. The molecule has 4 heteroatoms. The minimum Gasteiger partial charge on any atom is -0.817 e. The zero-order valence-corrected chi connectivity index (χ0v) is 13.4. The molecule has 0 bridgehead atoms. The molecule has 4 nitrogen and oxygen atoms in total. The third-order valence-electron chi connectivity index (χ3n) is 4.40. The summed E-state index contributed by atoms with van der Waals surface area (Å²) in [7, 11) is 0. The van der Waals surface area contributed by atoms with Crippen molar-refractivity contribution in [2.75, 3.05) is 4.90 Å². The molecule has 120 valence electrons. The van der Waals surface area contributed by atoms with Gasteiger partial charge in [0.1, 0.15) is 6.54 Å². The fourth-order valence-electron chi connectivity index (χ4n) is 3.14. The molecule has 1 aliphatic heterocycles. The normalized spacial score (nSPS) is 20.4. The van der Waals surface area contributed by atoms with Gasteiger partial charge < -0.3 is 5.11 Å². The van der Waals surface area contributed by atoms with Crippen molar-refractivity contribution >= 4 is 11.7 Å². The molecular formula is C19H22N2O2. The summed E-state index contributed by atoms with van der Waals surface area (Å²) in [4.78, 5) is 14.5. The zero-order valence-electron chi connectivity index (χ0n) is 13.4. The van der Waals surface area contributed by atoms with E-state index in [0.717, 1.165) is 18.4 Å². The lowest BCUT2D eigenvalue weighted by molar-refractivity contribution is -0.582. The van der Waals surface area contributed by atoms with Crippen LogP contribution < -0.4 is 14.6 Å². The average Bonchev–Trinajstić information content (AvgIpc) is 2.59. The predicted molar refractivity (Wildman–Crippen MR) is 86.7 cm³/mol. The van der Waals surface area contributed by atoms with E-state index in [1.165, 1.54) is 0 Å². The van der Waals surface area contributed by atoms with Crippen molar-refractivity contribution in [3.05, 3.63) is 60.3 Å². The standard InChI is InChI=1S/C19H22N2O2/c1-2-3-11-16-18(22)20-13-8-7-12-17(20)21(19(16)23)14-15-9-5-4-6-10-15/h4-10,12-13,16,19H,2-3,11,14H2,1H3. The quantitative estimate of drug-likeness (QED) is 0.795. The fraction of sp³-hybridized carbons (Fsp3) is 0.368. The third-order valence-corrected chi connectivity index (χ3v) is 4.40. The Morgan fingerprint density at radius 1 is 1.13 bits per heavy atom. The highest BCUT2D eigenvalue weighted by molar-refractivity contribution is 5.74. The summed E-state index contributed by atoms with van der Waals surface area (Å²) < 4.78 is 1.64. The number of hydrogen-bond acceptors (Lipinski definition) is 3. The van der Waals surface area contributed by atoms with Crippen molar-refractivity contribution in [2.45, 2.75) is 39.0 Å². The molecule has 0 spiro atoms. The number of anilines is 1. The van der Waals surface area contributed by atoms with E-state index in [1.54, 1.807) is 10.8 Å². The van der Waals surface area contributed by atoms with Crippen LogP contribution in [-0.4, -0.2) is 12.1 Å². The van der Waals surface area contributed by atoms with Crippen LogP contribution in [0.25, 0.3) is 0 Å². The Kier molecular flexibility index (Phi) is 4.72. The van der Waals surface area contributed by atoms with Crippen molar-refractivity contribution in [3.8, 4) is 0 Å². The van der Waals surface area contributed by atoms with Crippen molar-refractivity contribution in [2.24, 2.45) is 5.92 Å². The Labute approximate surface area is 137 Å². The van der Waals surface area contributed by atoms with Gasteiger partial charge in [0.05, 0.1) is 12.1 Å². The number of unbranched alkanes of at least 4 members (excludes halogenated alkanes) is 1. The van der Waals surface area contributed by atoms with E-state index in [0.29, 0.717) is 18.8 Å². The van der Waals surface area contributed by atoms with Gasteiger partial charge in [-0.3, -0.25) is 4.90 Å². The van der Waals surface area contributed by atoms with E-state index < -0.39 is 12.1 Å². The second-order valence-corrected chi connectivity index (χ2v) is 6.02. The smallest absolute Gasteiger partial charge is 0.320 e. The molecule has 1 aromatic heterocycles. The predicted octanol–water partition coefficient (Wildman–Crippen LogP) is 2.13. The Hall–Kier alpha value is -2.20. The van der Waals surface area contributed by atoms with Crippen LogP contribution in [0.2, 0.25) is 0 Å². The summed E-state index contributed by atoms with van der Waals surface area (Å²) in [5.41, 5.74) is 1.08. The average molecular weight is 310 g/mol. The first-order chi connectivity index (χ1) is 11.2. The van der Waals surface area contributed by atoms with Crippen LogP contribution in [-0.2, 0) is 6.54 Å². The summed E-state index contributed by atoms with van der Waals surface area (Å²) in [6.07, 6.45) is 3.27. The highest BCUT2D eigenvalue weighted by Crippen LogP contribution is 2.26. The first-order valence-electron chi connectivity index (χ1n) is 8.23. The number of fused-ring (bicyclic) bond motifs is 1. The molecule has 1 aromatic carbocycles. The Bertz CT molecular complexity index is 672. The van der Waals surface area contributed by atoms with Gasteiger partial charge in [0.15, 0.2) is 0 Å². The van der Waals surface area contributed by atoms with E-state index in [1.807, 2.05) is 53.4 Å². The number of hydrogen-bond donors (Lipinski definition) is 0. The van der Waals surface area contributed by atoms with Crippen molar-refractivity contribution in [1.82, 2.24) is 0 Å². The second kappa shape index (κ2) is 6.92. The van der Waals surface area contributed by atoms with Gasteiger partial charge in [-0.1, -0.05) is 56.2 Å². The Morgan fingerprint density at radius 2 is 1.87 bits per heavy atom. The van der Waals surface area contributed by atoms with Crippen LogP contribution in [0.4, 0.5) is 5.82 Å². The highest BCUT2D eigenvalue weighted by Gasteiger charge is 2.40. The molecule has 0 N–H and O–H groups in total. The number of rotatable bonds is 5. The van der Waals surface area contributed by atoms with Crippen LogP contribution in [0.15, 0.2) is 54.7 Å². The van der Waals surface area contributed by atoms with E-state index in [-0.39, 0.29) is 5.91 Å². The number of benzene rings is 1. The molecule has 2 aromatic rings. The second-order valence-electron chi connectivity index (χ2n) is 6.02. The van der Waals surface area contributed by atoms with Crippen LogP contribution in [0.5, 0.6) is 0 Å². The minimum absolute atomic E-state index is 0.0710. The van der Waals surface area contributed by atoms with Crippen LogP contribution >= 0.6 is 0 Å². The van der Waals surface area contributed by atoms with E-state index in [9.17, 15) is 9.90 Å². The molecule has 23 heavy (non-hydrogen) atoms. The Morgan fingerprint density at radius 3 is 2.61 bits per heavy atom. The first-order valence-corrected chi connectivity index (χ1v) is 8.23. The molecule has 0 amide bonds. The topological polar surface area (TPSA) is 47.2 Å². The van der Waals surface area contributed by atoms with Gasteiger partial charge in [0.25, 0.3) is 5.82 Å². The number of carbonyl (C=O) groups excluding carboxylic acids is 1. The maximum absolute atomic E-state index is 13.0. The molecule has 2 heterocycles. The van der Waals surface area contributed by atoms with Crippen molar-refractivity contribution in [3.63, 3.8) is 0 Å². The maximum Gasteiger partial charge on any atom is 0.320 e. The summed E-state index contributed by atoms with van der Waals surface area (Å²) in [6, 6.07) is 15.5. The third kappa shape index (κ3) is 3.13. The lowest BCUT2D eigenvalue weighted by atomic mass is 9.95. The van der Waals surface area contributed by atoms with E-state index in [4.69, 9.17) is 0 Å². The Balaban J connectivity index is 1.95. The van der Waals surface area contributed by atoms with Crippen LogP contribution in [0.3, 0.4) is 0 Å². The molecule has 1 aliphatic rings. The van der Waals surface area contributed by atoms with E-state index in [2.05, 4.69) is 6.92 Å². The van der Waals surface area contributed by atoms with Gasteiger partial charge in [-0.05, 0) is 18.1 Å². The molecule has 0 radical (unpaired) electrons. The number of pyridine rings is 1. The molecular weight excluding hydrogens is 288 g/mol. The SMILES string of the molecule is CCCCC1C(=O)[n+]2ccccc2N(Cc2ccccc2)C1[O-]. The van der Waals surface area contributed by atoms with Crippen molar-refractivity contribution in [1.29, 1.82) is 0 Å². The largest absolute Gasteiger partial charge is 0.817 e. The van der Waals surface area contributed by atoms with Crippen molar-refractivity contribution < 1.29 is 14.5 Å². The molecule has 0 saturated carbocycles. The first kappa shape index (κ1) is 15.7. The fourth-order valence-corrected chi connectivity index (χ4v) is 3.14. The van der Waals surface area contributed by atoms with Gasteiger partial charge in [0, 0.05) is 12.3 Å². The molecule has 3 rings (SSSR count). The van der Waals surface area contributed by atoms with Gasteiger partial charge in [-0.2, -0.15) is 4.57 Å². The number of aromatic nitrogens is 1.